The fourth-order valence-electron chi connectivity index (χ4n) is 1.22. The first-order chi connectivity index (χ1) is 6.95. The molecule has 1 rings (SSSR count). The fraction of sp³-hybridized carbons (Fsp3) is 0.455. The van der Waals surface area contributed by atoms with E-state index >= 15 is 0 Å². The van der Waals surface area contributed by atoms with Crippen LogP contribution in [-0.4, -0.2) is 11.4 Å². The molecular formula is C11H20N4. The lowest BCUT2D eigenvalue weighted by Gasteiger charge is -2.07. The smallest absolute Gasteiger partial charge is 0.0804 e. The normalized spacial score (nSPS) is 21.6. The van der Waals surface area contributed by atoms with Crippen LogP contribution in [0.15, 0.2) is 23.0 Å². The van der Waals surface area contributed by atoms with Crippen molar-refractivity contribution < 1.29 is 0 Å². The first-order valence-corrected chi connectivity index (χ1v) is 5.07. The maximum absolute atomic E-state index is 7.64. The molecule has 0 aromatic rings. The van der Waals surface area contributed by atoms with Gasteiger partial charge in [0.1, 0.15) is 0 Å². The van der Waals surface area contributed by atoms with Crippen LogP contribution in [0.2, 0.25) is 0 Å². The second-order valence-electron chi connectivity index (χ2n) is 3.24. The molecule has 0 saturated carbocycles. The summed E-state index contributed by atoms with van der Waals surface area (Å²) in [5, 5.41) is 15.3. The van der Waals surface area contributed by atoms with E-state index in [0.29, 0.717) is 17.0 Å². The van der Waals surface area contributed by atoms with Crippen LogP contribution in [0.5, 0.6) is 0 Å². The summed E-state index contributed by atoms with van der Waals surface area (Å²) in [6.07, 6.45) is 1.71. The maximum Gasteiger partial charge on any atom is 0.0804 e. The Hall–Kier alpha value is -1.58. The molecule has 0 spiro atoms. The highest BCUT2D eigenvalue weighted by Crippen LogP contribution is 2.17. The fourth-order valence-corrected chi connectivity index (χ4v) is 1.22. The van der Waals surface area contributed by atoms with Crippen molar-refractivity contribution in [3.8, 4) is 0 Å². The molecule has 4 heteroatoms. The summed E-state index contributed by atoms with van der Waals surface area (Å²) < 4.78 is 0. The standard InChI is InChI=1S/C9H14N4.C2H6/c1-4-3-6(10)8(12)5(2)9(13)7(4)11;1-2/h3-4,11,13H,10,12H2,1-2H3;1-2H3. The van der Waals surface area contributed by atoms with E-state index in [4.69, 9.17) is 22.3 Å². The van der Waals surface area contributed by atoms with Gasteiger partial charge in [-0.1, -0.05) is 26.8 Å². The van der Waals surface area contributed by atoms with Crippen LogP contribution in [0.3, 0.4) is 0 Å². The van der Waals surface area contributed by atoms with Gasteiger partial charge in [-0.2, -0.15) is 0 Å². The summed E-state index contributed by atoms with van der Waals surface area (Å²) in [4.78, 5) is 0. The zero-order valence-electron chi connectivity index (χ0n) is 9.81. The number of hydrogen-bond donors (Lipinski definition) is 4. The molecule has 0 fully saturated rings. The molecule has 15 heavy (non-hydrogen) atoms. The average molecular weight is 208 g/mol. The van der Waals surface area contributed by atoms with Crippen LogP contribution >= 0.6 is 0 Å². The minimum atomic E-state index is -0.136. The summed E-state index contributed by atoms with van der Waals surface area (Å²) in [6, 6.07) is 0. The lowest BCUT2D eigenvalue weighted by molar-refractivity contribution is 0.980. The van der Waals surface area contributed by atoms with Gasteiger partial charge < -0.3 is 16.9 Å². The Balaban J connectivity index is 0.000000921. The van der Waals surface area contributed by atoms with E-state index in [1.807, 2.05) is 20.8 Å². The molecule has 0 saturated heterocycles. The van der Waals surface area contributed by atoms with Gasteiger partial charge in [0.25, 0.3) is 0 Å². The van der Waals surface area contributed by atoms with E-state index in [9.17, 15) is 0 Å². The Labute approximate surface area is 91.1 Å². The highest BCUT2D eigenvalue weighted by atomic mass is 14.7. The van der Waals surface area contributed by atoms with Crippen molar-refractivity contribution in [2.24, 2.45) is 17.4 Å². The monoisotopic (exact) mass is 208 g/mol. The molecule has 0 bridgehead atoms. The zero-order chi connectivity index (χ0) is 12.2. The van der Waals surface area contributed by atoms with Gasteiger partial charge in [0.05, 0.1) is 22.8 Å². The van der Waals surface area contributed by atoms with Crippen molar-refractivity contribution in [2.75, 3.05) is 0 Å². The average Bonchev–Trinajstić information content (AvgIpc) is 2.31. The van der Waals surface area contributed by atoms with Crippen LogP contribution < -0.4 is 11.5 Å². The van der Waals surface area contributed by atoms with Crippen LogP contribution in [0.1, 0.15) is 27.7 Å². The topological polar surface area (TPSA) is 99.7 Å². The SMILES string of the molecule is CC.CC1=C(N)C(N)=CC(C)C(=N)C1=N. The third-order valence-electron chi connectivity index (χ3n) is 2.24. The molecule has 1 unspecified atom stereocenters. The number of allylic oxidation sites excluding steroid dienone is 2. The van der Waals surface area contributed by atoms with Crippen molar-refractivity contribution in [3.63, 3.8) is 0 Å². The van der Waals surface area contributed by atoms with Crippen molar-refractivity contribution >= 4 is 11.4 Å². The summed E-state index contributed by atoms with van der Waals surface area (Å²) in [7, 11) is 0. The van der Waals surface area contributed by atoms with E-state index in [2.05, 4.69) is 0 Å². The Bertz CT molecular complexity index is 336. The highest BCUT2D eigenvalue weighted by molar-refractivity contribution is 6.47. The van der Waals surface area contributed by atoms with Crippen LogP contribution in [0.4, 0.5) is 0 Å². The minimum Gasteiger partial charge on any atom is -0.397 e. The van der Waals surface area contributed by atoms with Crippen molar-refractivity contribution in [3.05, 3.63) is 23.0 Å². The van der Waals surface area contributed by atoms with Crippen LogP contribution in [0.25, 0.3) is 0 Å². The van der Waals surface area contributed by atoms with E-state index in [1.165, 1.54) is 0 Å². The van der Waals surface area contributed by atoms with Crippen LogP contribution in [0, 0.1) is 16.7 Å². The van der Waals surface area contributed by atoms with E-state index in [0.717, 1.165) is 0 Å². The zero-order valence-corrected chi connectivity index (χ0v) is 9.81. The maximum atomic E-state index is 7.64. The summed E-state index contributed by atoms with van der Waals surface area (Å²) in [6.45, 7) is 7.54. The second-order valence-corrected chi connectivity index (χ2v) is 3.24. The first-order valence-electron chi connectivity index (χ1n) is 5.07. The Morgan fingerprint density at radius 2 is 1.67 bits per heavy atom. The van der Waals surface area contributed by atoms with Crippen LogP contribution in [-0.2, 0) is 0 Å². The number of hydrogen-bond acceptors (Lipinski definition) is 4. The van der Waals surface area contributed by atoms with Gasteiger partial charge in [-0.05, 0) is 6.92 Å². The van der Waals surface area contributed by atoms with Crippen molar-refractivity contribution in [1.82, 2.24) is 0 Å². The molecule has 1 aliphatic carbocycles. The summed E-state index contributed by atoms with van der Waals surface area (Å²) >= 11 is 0. The molecule has 0 amide bonds. The van der Waals surface area contributed by atoms with Crippen molar-refractivity contribution in [2.45, 2.75) is 27.7 Å². The van der Waals surface area contributed by atoms with Gasteiger partial charge in [-0.15, -0.1) is 0 Å². The third kappa shape index (κ3) is 2.68. The second kappa shape index (κ2) is 5.34. The molecule has 0 radical (unpaired) electrons. The largest absolute Gasteiger partial charge is 0.397 e. The van der Waals surface area contributed by atoms with E-state index in [1.54, 1.807) is 13.0 Å². The molecule has 0 aromatic heterocycles. The molecular weight excluding hydrogens is 188 g/mol. The quantitative estimate of drug-likeness (QED) is 0.488. The number of nitrogens with one attached hydrogen (secondary N) is 2. The minimum absolute atomic E-state index is 0.136. The molecule has 4 nitrogen and oxygen atoms in total. The third-order valence-corrected chi connectivity index (χ3v) is 2.24. The molecule has 1 atom stereocenters. The van der Waals surface area contributed by atoms with Gasteiger partial charge in [-0.25, -0.2) is 0 Å². The van der Waals surface area contributed by atoms with E-state index in [-0.39, 0.29) is 17.3 Å². The number of nitrogens with two attached hydrogens (primary N) is 2. The first kappa shape index (κ1) is 13.4. The Morgan fingerprint density at radius 1 is 1.20 bits per heavy atom. The molecule has 84 valence electrons. The van der Waals surface area contributed by atoms with E-state index < -0.39 is 0 Å². The highest BCUT2D eigenvalue weighted by Gasteiger charge is 2.20. The molecule has 1 aliphatic rings. The lowest BCUT2D eigenvalue weighted by Crippen LogP contribution is -2.19. The van der Waals surface area contributed by atoms with Gasteiger partial charge >= 0.3 is 0 Å². The van der Waals surface area contributed by atoms with Crippen molar-refractivity contribution in [1.29, 1.82) is 10.8 Å². The summed E-state index contributed by atoms with van der Waals surface area (Å²) in [5.74, 6) is -0.136. The molecule has 6 N–H and O–H groups in total. The Kier molecular flexibility index (Phi) is 4.78. The van der Waals surface area contributed by atoms with Gasteiger partial charge in [0.15, 0.2) is 0 Å². The summed E-state index contributed by atoms with van der Waals surface area (Å²) in [5.41, 5.74) is 13.3. The number of rotatable bonds is 0. The van der Waals surface area contributed by atoms with Gasteiger partial charge in [0, 0.05) is 11.5 Å². The molecule has 0 aromatic carbocycles. The van der Waals surface area contributed by atoms with Gasteiger partial charge in [-0.3, -0.25) is 5.41 Å². The molecule has 0 aliphatic heterocycles. The predicted octanol–water partition coefficient (Wildman–Crippen LogP) is 1.78. The lowest BCUT2D eigenvalue weighted by atomic mass is 9.99. The van der Waals surface area contributed by atoms with Gasteiger partial charge in [0.2, 0.25) is 0 Å². The Morgan fingerprint density at radius 3 is 2.13 bits per heavy atom. The predicted molar refractivity (Wildman–Crippen MR) is 65.1 cm³/mol. The molecule has 0 heterocycles.